The number of alkyl halides is 3. The van der Waals surface area contributed by atoms with Gasteiger partial charge >= 0.3 is 6.18 Å². The molecular formula is C22H24F3N3O2S. The largest absolute Gasteiger partial charge is 0.425 e. The van der Waals surface area contributed by atoms with E-state index in [1.54, 1.807) is 24.3 Å². The smallest absolute Gasteiger partial charge is 0.336 e. The van der Waals surface area contributed by atoms with Crippen LogP contribution in [0.4, 0.5) is 18.3 Å². The summed E-state index contributed by atoms with van der Waals surface area (Å²) in [6.45, 7) is 5.73. The van der Waals surface area contributed by atoms with E-state index in [4.69, 9.17) is 0 Å². The Balaban J connectivity index is 1.90. The van der Waals surface area contributed by atoms with Crippen molar-refractivity contribution in [3.05, 3.63) is 35.5 Å². The van der Waals surface area contributed by atoms with Gasteiger partial charge in [-0.2, -0.15) is 13.2 Å². The van der Waals surface area contributed by atoms with Gasteiger partial charge in [-0.3, -0.25) is 9.59 Å². The molecule has 1 amide bonds. The monoisotopic (exact) mass is 451 g/mol. The normalized spacial score (nSPS) is 23.6. The fourth-order valence-electron chi connectivity index (χ4n) is 4.46. The molecule has 5 nitrogen and oxygen atoms in total. The molecule has 1 N–H and O–H groups in total. The molecule has 31 heavy (non-hydrogen) atoms. The van der Waals surface area contributed by atoms with Gasteiger partial charge in [-0.05, 0) is 30.4 Å². The Kier molecular flexibility index (Phi) is 5.15. The highest BCUT2D eigenvalue weighted by atomic mass is 32.1. The van der Waals surface area contributed by atoms with Gasteiger partial charge in [0.05, 0.1) is 15.8 Å². The van der Waals surface area contributed by atoms with Crippen LogP contribution >= 0.6 is 11.3 Å². The molecule has 0 spiro atoms. The second-order valence-corrected chi connectivity index (χ2v) is 9.96. The zero-order chi connectivity index (χ0) is 22.6. The van der Waals surface area contributed by atoms with Crippen LogP contribution in [0.5, 0.6) is 0 Å². The molecular weight excluding hydrogens is 427 g/mol. The summed E-state index contributed by atoms with van der Waals surface area (Å²) < 4.78 is 44.9. The average molecular weight is 452 g/mol. The fourth-order valence-corrected chi connectivity index (χ4v) is 5.39. The van der Waals surface area contributed by atoms with Crippen LogP contribution in [0, 0.1) is 5.41 Å². The Bertz CT molecular complexity index is 1060. The Morgan fingerprint density at radius 1 is 1.19 bits per heavy atom. The standard InChI is InChI=1S/C22H24F3N3O2S/c1-4-5-10-28-14-11-20(2,3)12-15(29)17(14)21(18(28)30,22(23,24)25)27-19-26-13-8-6-7-9-16(13)31-19/h6-9H,4-5,10-12H2,1-3H3,(H,26,27). The van der Waals surface area contributed by atoms with Crippen molar-refractivity contribution in [3.8, 4) is 0 Å². The number of aromatic nitrogens is 1. The number of Topliss-reactive ketones (excluding diaryl/α,β-unsaturated/α-hetero) is 1. The number of ketones is 1. The Labute approximate surface area is 182 Å². The molecule has 1 atom stereocenters. The first-order chi connectivity index (χ1) is 14.5. The second kappa shape index (κ2) is 7.32. The van der Waals surface area contributed by atoms with Crippen molar-refractivity contribution < 1.29 is 22.8 Å². The van der Waals surface area contributed by atoms with E-state index in [-0.39, 0.29) is 30.2 Å². The zero-order valence-electron chi connectivity index (χ0n) is 17.6. The number of fused-ring (bicyclic) bond motifs is 1. The number of rotatable bonds is 5. The van der Waals surface area contributed by atoms with Crippen LogP contribution < -0.4 is 5.32 Å². The maximum atomic E-state index is 14.7. The van der Waals surface area contributed by atoms with E-state index in [1.807, 2.05) is 20.8 Å². The maximum Gasteiger partial charge on any atom is 0.425 e. The number of allylic oxidation sites excluding steroid dienone is 1. The van der Waals surface area contributed by atoms with Gasteiger partial charge in [0.15, 0.2) is 10.9 Å². The molecule has 2 aromatic rings. The van der Waals surface area contributed by atoms with Crippen molar-refractivity contribution in [1.29, 1.82) is 0 Å². The van der Waals surface area contributed by atoms with Crippen molar-refractivity contribution in [3.63, 3.8) is 0 Å². The van der Waals surface area contributed by atoms with E-state index >= 15 is 0 Å². The molecule has 1 aliphatic carbocycles. The number of thiazole rings is 1. The molecule has 0 saturated carbocycles. The molecule has 0 saturated heterocycles. The topological polar surface area (TPSA) is 62.3 Å². The maximum absolute atomic E-state index is 14.7. The number of amides is 1. The number of anilines is 1. The van der Waals surface area contributed by atoms with Gasteiger partial charge in [-0.15, -0.1) is 0 Å². The van der Waals surface area contributed by atoms with Crippen LogP contribution in [-0.2, 0) is 9.59 Å². The van der Waals surface area contributed by atoms with E-state index in [9.17, 15) is 22.8 Å². The van der Waals surface area contributed by atoms with Gasteiger partial charge in [-0.1, -0.05) is 50.7 Å². The summed E-state index contributed by atoms with van der Waals surface area (Å²) in [7, 11) is 0. The SMILES string of the molecule is CCCCN1C(=O)C(Nc2nc3ccccc3s2)(C(F)(F)F)C2=C1CC(C)(C)CC2=O. The number of halogens is 3. The minimum atomic E-state index is -5.01. The molecule has 0 radical (unpaired) electrons. The third-order valence-electron chi connectivity index (χ3n) is 5.87. The number of nitrogens with zero attached hydrogens (tertiary/aromatic N) is 2. The van der Waals surface area contributed by atoms with Gasteiger partial charge in [0.25, 0.3) is 5.91 Å². The third-order valence-corrected chi connectivity index (χ3v) is 6.82. The number of hydrogen-bond donors (Lipinski definition) is 1. The Morgan fingerprint density at radius 3 is 2.55 bits per heavy atom. The Hall–Kier alpha value is -2.42. The zero-order valence-corrected chi connectivity index (χ0v) is 18.4. The molecule has 9 heteroatoms. The molecule has 0 bridgehead atoms. The van der Waals surface area contributed by atoms with Crippen LogP contribution in [0.3, 0.4) is 0 Å². The van der Waals surface area contributed by atoms with Crippen molar-refractivity contribution in [1.82, 2.24) is 9.88 Å². The predicted octanol–water partition coefficient (Wildman–Crippen LogP) is 5.29. The number of carbonyl (C=O) groups excluding carboxylic acids is 2. The molecule has 166 valence electrons. The highest BCUT2D eigenvalue weighted by molar-refractivity contribution is 7.22. The number of para-hydroxylation sites is 1. The first-order valence-electron chi connectivity index (χ1n) is 10.3. The lowest BCUT2D eigenvalue weighted by Gasteiger charge is -2.35. The lowest BCUT2D eigenvalue weighted by atomic mass is 9.72. The molecule has 4 rings (SSSR count). The molecule has 0 fully saturated rings. The quantitative estimate of drug-likeness (QED) is 0.671. The number of carbonyl (C=O) groups is 2. The summed E-state index contributed by atoms with van der Waals surface area (Å²) in [4.78, 5) is 32.0. The molecule has 2 aliphatic rings. The van der Waals surface area contributed by atoms with E-state index in [0.717, 1.165) is 11.3 Å². The summed E-state index contributed by atoms with van der Waals surface area (Å²) in [6.07, 6.45) is -3.55. The summed E-state index contributed by atoms with van der Waals surface area (Å²) in [5.41, 5.74) is -3.35. The molecule has 2 heterocycles. The van der Waals surface area contributed by atoms with Crippen LogP contribution in [0.25, 0.3) is 10.2 Å². The lowest BCUT2D eigenvalue weighted by molar-refractivity contribution is -0.180. The van der Waals surface area contributed by atoms with Crippen molar-refractivity contribution >= 4 is 38.4 Å². The van der Waals surface area contributed by atoms with Gasteiger partial charge in [0.2, 0.25) is 5.54 Å². The summed E-state index contributed by atoms with van der Waals surface area (Å²) in [5.74, 6) is -1.77. The minimum Gasteiger partial charge on any atom is -0.336 e. The van der Waals surface area contributed by atoms with Crippen molar-refractivity contribution in [2.75, 3.05) is 11.9 Å². The van der Waals surface area contributed by atoms with E-state index in [0.29, 0.717) is 23.1 Å². The fraction of sp³-hybridized carbons (Fsp3) is 0.500. The lowest BCUT2D eigenvalue weighted by Crippen LogP contribution is -2.61. The van der Waals surface area contributed by atoms with Gasteiger partial charge in [-0.25, -0.2) is 4.98 Å². The average Bonchev–Trinajstić information content (AvgIpc) is 3.16. The summed E-state index contributed by atoms with van der Waals surface area (Å²) in [5, 5.41) is 2.38. The van der Waals surface area contributed by atoms with E-state index < -0.39 is 34.4 Å². The van der Waals surface area contributed by atoms with Gasteiger partial charge in [0.1, 0.15) is 0 Å². The number of hydrogen-bond acceptors (Lipinski definition) is 5. The van der Waals surface area contributed by atoms with E-state index in [1.165, 1.54) is 4.90 Å². The van der Waals surface area contributed by atoms with Crippen molar-refractivity contribution in [2.24, 2.45) is 5.41 Å². The van der Waals surface area contributed by atoms with Crippen LogP contribution in [0.1, 0.15) is 46.5 Å². The highest BCUT2D eigenvalue weighted by Gasteiger charge is 2.71. The van der Waals surface area contributed by atoms with E-state index in [2.05, 4.69) is 10.3 Å². The first kappa shape index (κ1) is 21.8. The second-order valence-electron chi connectivity index (χ2n) is 8.93. The number of unbranched alkanes of at least 4 members (excludes halogenated alkanes) is 1. The summed E-state index contributed by atoms with van der Waals surface area (Å²) in [6, 6.07) is 6.96. The predicted molar refractivity (Wildman–Crippen MR) is 114 cm³/mol. The highest BCUT2D eigenvalue weighted by Crippen LogP contribution is 2.53. The Morgan fingerprint density at radius 2 is 1.90 bits per heavy atom. The molecule has 1 unspecified atom stereocenters. The van der Waals surface area contributed by atoms with Crippen molar-refractivity contribution in [2.45, 2.75) is 58.2 Å². The van der Waals surface area contributed by atoms with Crippen LogP contribution in [0.15, 0.2) is 35.5 Å². The van der Waals surface area contributed by atoms with Gasteiger partial charge < -0.3 is 10.2 Å². The number of nitrogens with one attached hydrogen (secondary N) is 1. The number of benzene rings is 1. The first-order valence-corrected chi connectivity index (χ1v) is 11.1. The van der Waals surface area contributed by atoms with Crippen LogP contribution in [-0.4, -0.2) is 39.8 Å². The third kappa shape index (κ3) is 3.43. The van der Waals surface area contributed by atoms with Gasteiger partial charge in [0, 0.05) is 18.7 Å². The molecule has 1 aliphatic heterocycles. The molecule has 1 aromatic carbocycles. The molecule has 1 aromatic heterocycles. The summed E-state index contributed by atoms with van der Waals surface area (Å²) >= 11 is 1.03. The minimum absolute atomic E-state index is 0.0336. The van der Waals surface area contributed by atoms with Crippen LogP contribution in [0.2, 0.25) is 0 Å².